The summed E-state index contributed by atoms with van der Waals surface area (Å²) in [5, 5.41) is 1.57. The Hall–Kier alpha value is -1.15. The molecule has 2 atom stereocenters. The number of rotatable bonds is 8. The summed E-state index contributed by atoms with van der Waals surface area (Å²) in [7, 11) is 2.12. The molecule has 4 aromatic rings. The van der Waals surface area contributed by atoms with Gasteiger partial charge in [0.05, 0.1) is 0 Å². The topological polar surface area (TPSA) is 0 Å². The molecule has 0 aliphatic heterocycles. The van der Waals surface area contributed by atoms with Crippen LogP contribution >= 0.6 is 31.8 Å². The Bertz CT molecular complexity index is 983. The molecule has 0 bridgehead atoms. The average molecular weight is 593 g/mol. The molecule has 4 aromatic carbocycles. The average Bonchev–Trinajstić information content (AvgIpc) is 2.82. The van der Waals surface area contributed by atoms with E-state index in [-0.39, 0.29) is 0 Å². The summed E-state index contributed by atoms with van der Waals surface area (Å²) in [6, 6.07) is 38.3. The van der Waals surface area contributed by atoms with E-state index in [0.717, 1.165) is 10.0 Å². The first kappa shape index (κ1) is 23.0. The molecular formula is C26H20Cl2SSe2. The fourth-order valence-electron chi connectivity index (χ4n) is 3.24. The van der Waals surface area contributed by atoms with Crippen LogP contribution in [0.15, 0.2) is 109 Å². The zero-order valence-corrected chi connectivity index (χ0v) is 22.3. The monoisotopic (exact) mass is 594 g/mol. The first-order valence-electron chi connectivity index (χ1n) is 9.80. The molecule has 0 heterocycles. The molecule has 4 rings (SSSR count). The second-order valence-electron chi connectivity index (χ2n) is 6.95. The molecule has 2 unspecified atom stereocenters. The minimum absolute atomic E-state index is 0.356. The van der Waals surface area contributed by atoms with Crippen LogP contribution in [0.4, 0.5) is 0 Å². The van der Waals surface area contributed by atoms with Gasteiger partial charge in [-0.2, -0.15) is 0 Å². The van der Waals surface area contributed by atoms with Crippen molar-refractivity contribution in [3.63, 3.8) is 0 Å². The summed E-state index contributed by atoms with van der Waals surface area (Å²) in [6.07, 6.45) is 0. The quantitative estimate of drug-likeness (QED) is 0.188. The van der Waals surface area contributed by atoms with E-state index < -0.39 is 0 Å². The molecule has 0 radical (unpaired) electrons. The Morgan fingerprint density at radius 1 is 0.452 bits per heavy atom. The van der Waals surface area contributed by atoms with Gasteiger partial charge in [0.15, 0.2) is 0 Å². The zero-order valence-electron chi connectivity index (χ0n) is 16.5. The van der Waals surface area contributed by atoms with E-state index in [1.165, 1.54) is 22.3 Å². The van der Waals surface area contributed by atoms with Crippen LogP contribution in [0.1, 0.15) is 31.9 Å². The molecule has 0 amide bonds. The third-order valence-electron chi connectivity index (χ3n) is 4.82. The molecule has 0 saturated heterocycles. The van der Waals surface area contributed by atoms with Gasteiger partial charge in [-0.25, -0.2) is 0 Å². The normalized spacial score (nSPS) is 13.0. The first-order valence-corrected chi connectivity index (χ1v) is 17.4. The van der Waals surface area contributed by atoms with Crippen LogP contribution in [0, 0.1) is 0 Å². The van der Waals surface area contributed by atoms with Crippen molar-refractivity contribution in [1.29, 1.82) is 0 Å². The van der Waals surface area contributed by atoms with Crippen LogP contribution in [0.5, 0.6) is 0 Å². The number of halogens is 2. The summed E-state index contributed by atoms with van der Waals surface area (Å²) in [5.41, 5.74) is 5.41. The predicted octanol–water partition coefficient (Wildman–Crippen LogP) is 7.84. The molecule has 156 valence electrons. The fourth-order valence-corrected chi connectivity index (χ4v) is 16.2. The van der Waals surface area contributed by atoms with Gasteiger partial charge in [0, 0.05) is 0 Å². The van der Waals surface area contributed by atoms with Crippen molar-refractivity contribution in [3.05, 3.63) is 141 Å². The number of hydrogen-bond donors (Lipinski definition) is 0. The molecule has 0 aliphatic rings. The van der Waals surface area contributed by atoms with Crippen LogP contribution < -0.4 is 0 Å². The van der Waals surface area contributed by atoms with Gasteiger partial charge in [-0.1, -0.05) is 0 Å². The van der Waals surface area contributed by atoms with Crippen LogP contribution in [-0.4, -0.2) is 27.7 Å². The van der Waals surface area contributed by atoms with Crippen molar-refractivity contribution in [3.8, 4) is 0 Å². The second-order valence-corrected chi connectivity index (χ2v) is 18.0. The predicted molar refractivity (Wildman–Crippen MR) is 139 cm³/mol. The summed E-state index contributed by atoms with van der Waals surface area (Å²) in [4.78, 5) is 0.805. The van der Waals surface area contributed by atoms with Gasteiger partial charge in [-0.15, -0.1) is 0 Å². The van der Waals surface area contributed by atoms with Crippen LogP contribution in [0.2, 0.25) is 10.0 Å². The summed E-state index contributed by atoms with van der Waals surface area (Å²) < 4.78 is 0. The maximum atomic E-state index is 6.15. The van der Waals surface area contributed by atoms with E-state index in [0.29, 0.717) is 37.3 Å². The van der Waals surface area contributed by atoms with Crippen molar-refractivity contribution in [2.24, 2.45) is 0 Å². The van der Waals surface area contributed by atoms with Crippen LogP contribution in [0.3, 0.4) is 0 Å². The Morgan fingerprint density at radius 3 is 1.13 bits per heavy atom. The molecule has 0 fully saturated rings. The third-order valence-corrected chi connectivity index (χ3v) is 16.7. The van der Waals surface area contributed by atoms with Gasteiger partial charge in [-0.3, -0.25) is 0 Å². The molecule has 0 aliphatic carbocycles. The standard InChI is InChI=1S/C26H20Cl2SSe2/c27-23-15-11-21(12-16-23)25(19-7-3-1-4-8-19)30-29-31-26(20-9-5-2-6-10-20)22-13-17-24(28)18-14-22/h1-18,25-26H. The zero-order chi connectivity index (χ0) is 21.5. The van der Waals surface area contributed by atoms with Crippen molar-refractivity contribution in [2.45, 2.75) is 9.63 Å². The maximum absolute atomic E-state index is 6.15. The molecule has 0 aromatic heterocycles. The second kappa shape index (κ2) is 11.6. The van der Waals surface area contributed by atoms with Crippen molar-refractivity contribution in [1.82, 2.24) is 0 Å². The molecular weight excluding hydrogens is 573 g/mol. The van der Waals surface area contributed by atoms with Gasteiger partial charge in [0.1, 0.15) is 0 Å². The van der Waals surface area contributed by atoms with E-state index >= 15 is 0 Å². The minimum atomic E-state index is 0.356. The van der Waals surface area contributed by atoms with Gasteiger partial charge in [0.25, 0.3) is 0 Å². The Morgan fingerprint density at radius 2 is 0.774 bits per heavy atom. The summed E-state index contributed by atoms with van der Waals surface area (Å²) >= 11 is 13.0. The van der Waals surface area contributed by atoms with E-state index in [9.17, 15) is 0 Å². The first-order chi connectivity index (χ1) is 15.2. The third kappa shape index (κ3) is 6.43. The Balaban J connectivity index is 1.55. The van der Waals surface area contributed by atoms with Crippen molar-refractivity contribution < 1.29 is 0 Å². The SMILES string of the molecule is Clc1ccc(C([Se]S[Se]C(c2ccccc2)c2ccc(Cl)cc2)c2ccccc2)cc1. The van der Waals surface area contributed by atoms with Crippen LogP contribution in [0.25, 0.3) is 0 Å². The van der Waals surface area contributed by atoms with Gasteiger partial charge in [-0.05, 0) is 0 Å². The molecule has 0 spiro atoms. The van der Waals surface area contributed by atoms with E-state index in [1.54, 1.807) is 0 Å². The molecule has 0 N–H and O–H groups in total. The van der Waals surface area contributed by atoms with Crippen molar-refractivity contribution >= 4 is 59.5 Å². The number of benzene rings is 4. The van der Waals surface area contributed by atoms with E-state index in [2.05, 4.69) is 93.5 Å². The van der Waals surface area contributed by atoms with E-state index in [1.807, 2.05) is 24.3 Å². The van der Waals surface area contributed by atoms with Gasteiger partial charge < -0.3 is 0 Å². The van der Waals surface area contributed by atoms with Gasteiger partial charge >= 0.3 is 211 Å². The fraction of sp³-hybridized carbons (Fsp3) is 0.0769. The molecule has 0 saturated carbocycles. The molecule has 0 nitrogen and oxygen atoms in total. The van der Waals surface area contributed by atoms with Crippen molar-refractivity contribution in [2.75, 3.05) is 0 Å². The van der Waals surface area contributed by atoms with Gasteiger partial charge in [0.2, 0.25) is 0 Å². The number of hydrogen-bond acceptors (Lipinski definition) is 1. The molecule has 31 heavy (non-hydrogen) atoms. The Kier molecular flexibility index (Phi) is 8.64. The summed E-state index contributed by atoms with van der Waals surface area (Å²) in [6.45, 7) is 0. The van der Waals surface area contributed by atoms with Crippen LogP contribution in [-0.2, 0) is 0 Å². The Labute approximate surface area is 209 Å². The van der Waals surface area contributed by atoms with E-state index in [4.69, 9.17) is 23.2 Å². The summed E-state index contributed by atoms with van der Waals surface area (Å²) in [5.74, 6) is 0. The molecule has 5 heteroatoms.